The molecule has 1 rings (SSSR count). The van der Waals surface area contributed by atoms with Crippen molar-refractivity contribution >= 4 is 29.0 Å². The molecular formula is C16H23Cl2NO. The van der Waals surface area contributed by atoms with Gasteiger partial charge in [-0.2, -0.15) is 0 Å². The molecule has 1 aromatic rings. The van der Waals surface area contributed by atoms with Gasteiger partial charge >= 0.3 is 0 Å². The number of benzene rings is 1. The summed E-state index contributed by atoms with van der Waals surface area (Å²) < 4.78 is 0. The molecule has 0 heterocycles. The highest BCUT2D eigenvalue weighted by Crippen LogP contribution is 2.25. The third-order valence-corrected chi connectivity index (χ3v) is 4.32. The molecule has 0 radical (unpaired) electrons. The first-order chi connectivity index (χ1) is 9.53. The Hall–Kier alpha value is -0.570. The molecule has 2 nitrogen and oxygen atoms in total. The summed E-state index contributed by atoms with van der Waals surface area (Å²) in [7, 11) is 0. The highest BCUT2D eigenvalue weighted by atomic mass is 35.5. The molecule has 1 aromatic carbocycles. The second-order valence-corrected chi connectivity index (χ2v) is 5.78. The average Bonchev–Trinajstić information content (AvgIpc) is 2.45. The van der Waals surface area contributed by atoms with Crippen molar-refractivity contribution in [2.75, 3.05) is 19.6 Å². The van der Waals surface area contributed by atoms with E-state index >= 15 is 0 Å². The number of nitrogens with zero attached hydrogens (tertiary/aromatic N) is 1. The van der Waals surface area contributed by atoms with Gasteiger partial charge in [0.2, 0.25) is 0 Å². The average molecular weight is 316 g/mol. The second kappa shape index (κ2) is 8.66. The standard InChI is InChI=1S/C16H23Cl2NO/c1-4-7-13(11-19(5-2)6-3)16(20)12-8-9-14(17)15(18)10-12/h8-10,13H,4-7,11H2,1-3H3/t13-/m1/s1. The van der Waals surface area contributed by atoms with Crippen molar-refractivity contribution in [3.8, 4) is 0 Å². The minimum absolute atomic E-state index is 0.0251. The summed E-state index contributed by atoms with van der Waals surface area (Å²) in [5.74, 6) is 0.189. The lowest BCUT2D eigenvalue weighted by Gasteiger charge is -2.24. The number of hydrogen-bond donors (Lipinski definition) is 0. The van der Waals surface area contributed by atoms with Crippen LogP contribution >= 0.6 is 23.2 Å². The molecule has 0 amide bonds. The summed E-state index contributed by atoms with van der Waals surface area (Å²) in [4.78, 5) is 14.9. The Morgan fingerprint density at radius 2 is 1.80 bits per heavy atom. The Bertz CT molecular complexity index is 444. The number of carbonyl (C=O) groups is 1. The van der Waals surface area contributed by atoms with E-state index < -0.39 is 0 Å². The number of ketones is 1. The summed E-state index contributed by atoms with van der Waals surface area (Å²) in [6.45, 7) is 9.08. The minimum Gasteiger partial charge on any atom is -0.303 e. The van der Waals surface area contributed by atoms with Crippen molar-refractivity contribution in [2.45, 2.75) is 33.6 Å². The highest BCUT2D eigenvalue weighted by Gasteiger charge is 2.21. The largest absolute Gasteiger partial charge is 0.303 e. The molecule has 20 heavy (non-hydrogen) atoms. The smallest absolute Gasteiger partial charge is 0.167 e. The third-order valence-electron chi connectivity index (χ3n) is 3.59. The van der Waals surface area contributed by atoms with Gasteiger partial charge in [-0.1, -0.05) is 50.4 Å². The van der Waals surface area contributed by atoms with Gasteiger partial charge in [0.1, 0.15) is 0 Å². The molecular weight excluding hydrogens is 293 g/mol. The van der Waals surface area contributed by atoms with Gasteiger partial charge in [0.25, 0.3) is 0 Å². The predicted molar refractivity (Wildman–Crippen MR) is 87.0 cm³/mol. The molecule has 0 saturated heterocycles. The molecule has 0 aliphatic carbocycles. The van der Waals surface area contributed by atoms with Crippen molar-refractivity contribution in [3.05, 3.63) is 33.8 Å². The molecule has 0 bridgehead atoms. The highest BCUT2D eigenvalue weighted by molar-refractivity contribution is 6.42. The Morgan fingerprint density at radius 1 is 1.15 bits per heavy atom. The second-order valence-electron chi connectivity index (χ2n) is 4.96. The first-order valence-corrected chi connectivity index (χ1v) is 8.00. The van der Waals surface area contributed by atoms with Gasteiger partial charge in [0.15, 0.2) is 5.78 Å². The van der Waals surface area contributed by atoms with E-state index in [1.54, 1.807) is 18.2 Å². The van der Waals surface area contributed by atoms with Crippen LogP contribution in [0.2, 0.25) is 10.0 Å². The van der Waals surface area contributed by atoms with Crippen LogP contribution in [0.5, 0.6) is 0 Å². The van der Waals surface area contributed by atoms with Crippen LogP contribution in [0.3, 0.4) is 0 Å². The Balaban J connectivity index is 2.89. The van der Waals surface area contributed by atoms with Crippen molar-refractivity contribution in [3.63, 3.8) is 0 Å². The molecule has 0 fully saturated rings. The number of halogens is 2. The molecule has 0 aromatic heterocycles. The van der Waals surface area contributed by atoms with E-state index in [0.717, 1.165) is 32.5 Å². The zero-order chi connectivity index (χ0) is 15.1. The normalized spacial score (nSPS) is 12.7. The van der Waals surface area contributed by atoms with E-state index in [2.05, 4.69) is 25.7 Å². The first kappa shape index (κ1) is 17.5. The van der Waals surface area contributed by atoms with E-state index in [1.165, 1.54) is 0 Å². The Labute approximate surface area is 132 Å². The van der Waals surface area contributed by atoms with E-state index in [-0.39, 0.29) is 11.7 Å². The van der Waals surface area contributed by atoms with Crippen molar-refractivity contribution in [2.24, 2.45) is 5.92 Å². The Kier molecular flexibility index (Phi) is 7.57. The molecule has 0 unspecified atom stereocenters. The van der Waals surface area contributed by atoms with Crippen LogP contribution < -0.4 is 0 Å². The number of rotatable bonds is 8. The summed E-state index contributed by atoms with van der Waals surface area (Å²) >= 11 is 11.9. The van der Waals surface area contributed by atoms with Gasteiger partial charge in [-0.15, -0.1) is 0 Å². The number of carbonyl (C=O) groups excluding carboxylic acids is 1. The van der Waals surface area contributed by atoms with Crippen molar-refractivity contribution < 1.29 is 4.79 Å². The van der Waals surface area contributed by atoms with Gasteiger partial charge < -0.3 is 4.90 Å². The van der Waals surface area contributed by atoms with Gasteiger partial charge in [-0.05, 0) is 37.7 Å². The maximum atomic E-state index is 12.6. The van der Waals surface area contributed by atoms with Crippen LogP contribution in [0.25, 0.3) is 0 Å². The fraction of sp³-hybridized carbons (Fsp3) is 0.562. The molecule has 0 aliphatic rings. The van der Waals surface area contributed by atoms with E-state index in [9.17, 15) is 4.79 Å². The molecule has 4 heteroatoms. The lowest BCUT2D eigenvalue weighted by molar-refractivity contribution is 0.0875. The summed E-state index contributed by atoms with van der Waals surface area (Å²) in [6, 6.07) is 5.14. The Morgan fingerprint density at radius 3 is 2.30 bits per heavy atom. The SMILES string of the molecule is CCC[C@H](CN(CC)CC)C(=O)c1ccc(Cl)c(Cl)c1. The zero-order valence-corrected chi connectivity index (χ0v) is 14.0. The number of Topliss-reactive ketones (excluding diaryl/α,β-unsaturated/α-hetero) is 1. The molecule has 0 aliphatic heterocycles. The number of hydrogen-bond acceptors (Lipinski definition) is 2. The van der Waals surface area contributed by atoms with Crippen LogP contribution in [0.1, 0.15) is 44.0 Å². The predicted octanol–water partition coefficient (Wildman–Crippen LogP) is 4.93. The monoisotopic (exact) mass is 315 g/mol. The minimum atomic E-state index is 0.0251. The van der Waals surface area contributed by atoms with Gasteiger partial charge in [-0.25, -0.2) is 0 Å². The van der Waals surface area contributed by atoms with Gasteiger partial charge in [0.05, 0.1) is 10.0 Å². The van der Waals surface area contributed by atoms with Gasteiger partial charge in [-0.3, -0.25) is 4.79 Å². The maximum absolute atomic E-state index is 12.6. The fourth-order valence-corrected chi connectivity index (χ4v) is 2.63. The van der Waals surface area contributed by atoms with Gasteiger partial charge in [0, 0.05) is 18.0 Å². The van der Waals surface area contributed by atoms with Crippen LogP contribution in [0.15, 0.2) is 18.2 Å². The lowest BCUT2D eigenvalue weighted by Crippen LogP contribution is -2.33. The quantitative estimate of drug-likeness (QED) is 0.634. The van der Waals surface area contributed by atoms with E-state index in [0.29, 0.717) is 15.6 Å². The van der Waals surface area contributed by atoms with Crippen LogP contribution in [0.4, 0.5) is 0 Å². The van der Waals surface area contributed by atoms with E-state index in [4.69, 9.17) is 23.2 Å². The van der Waals surface area contributed by atoms with Crippen LogP contribution in [-0.4, -0.2) is 30.3 Å². The summed E-state index contributed by atoms with van der Waals surface area (Å²) in [5.41, 5.74) is 0.657. The van der Waals surface area contributed by atoms with E-state index in [1.807, 2.05) is 0 Å². The zero-order valence-electron chi connectivity index (χ0n) is 12.5. The summed E-state index contributed by atoms with van der Waals surface area (Å²) in [6.07, 6.45) is 1.90. The topological polar surface area (TPSA) is 20.3 Å². The summed E-state index contributed by atoms with van der Waals surface area (Å²) in [5, 5.41) is 0.926. The van der Waals surface area contributed by atoms with Crippen molar-refractivity contribution in [1.29, 1.82) is 0 Å². The molecule has 112 valence electrons. The molecule has 0 N–H and O–H groups in total. The fourth-order valence-electron chi connectivity index (χ4n) is 2.33. The van der Waals surface area contributed by atoms with Crippen molar-refractivity contribution in [1.82, 2.24) is 4.90 Å². The molecule has 0 spiro atoms. The first-order valence-electron chi connectivity index (χ1n) is 7.25. The van der Waals surface area contributed by atoms with Crippen LogP contribution in [-0.2, 0) is 0 Å². The van der Waals surface area contributed by atoms with Crippen LogP contribution in [0, 0.1) is 5.92 Å². The lowest BCUT2D eigenvalue weighted by atomic mass is 9.93. The molecule has 1 atom stereocenters. The third kappa shape index (κ3) is 4.76. The maximum Gasteiger partial charge on any atom is 0.167 e. The molecule has 0 saturated carbocycles.